The molecular weight excluding hydrogens is 256 g/mol. The number of nitrogens with zero attached hydrogens (tertiary/aromatic N) is 2. The van der Waals surface area contributed by atoms with Crippen molar-refractivity contribution in [3.8, 4) is 6.07 Å². The molecule has 1 aromatic rings. The zero-order valence-electron chi connectivity index (χ0n) is 11.5. The molecule has 1 aromatic carbocycles. The van der Waals surface area contributed by atoms with Gasteiger partial charge >= 0.3 is 5.97 Å². The Morgan fingerprint density at radius 3 is 2.80 bits per heavy atom. The predicted molar refractivity (Wildman–Crippen MR) is 74.9 cm³/mol. The van der Waals surface area contributed by atoms with E-state index in [-0.39, 0.29) is 5.56 Å². The standard InChI is InChI=1S/C15H18N2O3/c1-17(10-11-4-6-20-7-5-11)14-3-2-12(15(18)19)8-13(14)9-16/h2-3,8,11H,4-7,10H2,1H3,(H,18,19). The van der Waals surface area contributed by atoms with Crippen LogP contribution in [0.3, 0.4) is 0 Å². The van der Waals surface area contributed by atoms with Crippen molar-refractivity contribution in [2.75, 3.05) is 31.7 Å². The maximum absolute atomic E-state index is 10.9. The lowest BCUT2D eigenvalue weighted by Gasteiger charge is -2.29. The average molecular weight is 274 g/mol. The number of carboxylic acid groups (broad SMARTS) is 1. The highest BCUT2D eigenvalue weighted by Crippen LogP contribution is 2.24. The van der Waals surface area contributed by atoms with E-state index in [1.54, 1.807) is 12.1 Å². The summed E-state index contributed by atoms with van der Waals surface area (Å²) < 4.78 is 5.34. The molecule has 106 valence electrons. The van der Waals surface area contributed by atoms with Crippen molar-refractivity contribution in [1.29, 1.82) is 5.26 Å². The van der Waals surface area contributed by atoms with Crippen LogP contribution >= 0.6 is 0 Å². The van der Waals surface area contributed by atoms with Crippen molar-refractivity contribution in [2.45, 2.75) is 12.8 Å². The highest BCUT2D eigenvalue weighted by Gasteiger charge is 2.18. The molecule has 0 amide bonds. The van der Waals surface area contributed by atoms with Crippen molar-refractivity contribution in [1.82, 2.24) is 0 Å². The quantitative estimate of drug-likeness (QED) is 0.910. The van der Waals surface area contributed by atoms with Gasteiger partial charge in [0.15, 0.2) is 0 Å². The first-order valence-electron chi connectivity index (χ1n) is 6.68. The molecule has 1 heterocycles. The van der Waals surface area contributed by atoms with Crippen molar-refractivity contribution >= 4 is 11.7 Å². The largest absolute Gasteiger partial charge is 0.478 e. The van der Waals surface area contributed by atoms with Crippen LogP contribution in [0, 0.1) is 17.2 Å². The summed E-state index contributed by atoms with van der Waals surface area (Å²) >= 11 is 0. The van der Waals surface area contributed by atoms with Gasteiger partial charge in [-0.2, -0.15) is 5.26 Å². The molecule has 5 heteroatoms. The van der Waals surface area contributed by atoms with E-state index in [1.807, 2.05) is 11.9 Å². The second-order valence-electron chi connectivity index (χ2n) is 5.09. The van der Waals surface area contributed by atoms with Crippen LogP contribution in [-0.2, 0) is 4.74 Å². The highest BCUT2D eigenvalue weighted by atomic mass is 16.5. The Bertz CT molecular complexity index is 530. The molecule has 5 nitrogen and oxygen atoms in total. The fraction of sp³-hybridized carbons (Fsp3) is 0.467. The first-order valence-corrected chi connectivity index (χ1v) is 6.68. The molecule has 0 bridgehead atoms. The van der Waals surface area contributed by atoms with E-state index in [1.165, 1.54) is 6.07 Å². The van der Waals surface area contributed by atoms with Gasteiger partial charge in [-0.1, -0.05) is 0 Å². The third-order valence-corrected chi connectivity index (χ3v) is 3.65. The fourth-order valence-electron chi connectivity index (χ4n) is 2.51. The number of nitriles is 1. The number of carboxylic acids is 1. The molecule has 0 aromatic heterocycles. The van der Waals surface area contributed by atoms with Gasteiger partial charge in [-0.15, -0.1) is 0 Å². The summed E-state index contributed by atoms with van der Waals surface area (Å²) in [7, 11) is 1.94. The molecule has 20 heavy (non-hydrogen) atoms. The van der Waals surface area contributed by atoms with E-state index in [2.05, 4.69) is 6.07 Å². The third kappa shape index (κ3) is 3.28. The lowest BCUT2D eigenvalue weighted by Crippen LogP contribution is -2.30. The van der Waals surface area contributed by atoms with Crippen LogP contribution in [-0.4, -0.2) is 37.9 Å². The normalized spacial score (nSPS) is 15.6. The van der Waals surface area contributed by atoms with Crippen molar-refractivity contribution in [2.24, 2.45) is 5.92 Å². The number of carbonyl (C=O) groups is 1. The molecule has 0 radical (unpaired) electrons. The molecule has 1 saturated heterocycles. The van der Waals surface area contributed by atoms with Gasteiger partial charge in [0.2, 0.25) is 0 Å². The number of hydrogen-bond donors (Lipinski definition) is 1. The fourth-order valence-corrected chi connectivity index (χ4v) is 2.51. The van der Waals surface area contributed by atoms with Crippen molar-refractivity contribution in [3.05, 3.63) is 29.3 Å². The number of aromatic carboxylic acids is 1. The molecule has 0 spiro atoms. The van der Waals surface area contributed by atoms with Crippen LogP contribution in [0.25, 0.3) is 0 Å². The minimum atomic E-state index is -1.01. The molecule has 1 aliphatic rings. The summed E-state index contributed by atoms with van der Waals surface area (Å²) in [6.07, 6.45) is 2.05. The molecular formula is C15H18N2O3. The third-order valence-electron chi connectivity index (χ3n) is 3.65. The first kappa shape index (κ1) is 14.4. The molecule has 0 atom stereocenters. The Balaban J connectivity index is 2.14. The number of benzene rings is 1. The highest BCUT2D eigenvalue weighted by molar-refractivity contribution is 5.89. The Labute approximate surface area is 118 Å². The van der Waals surface area contributed by atoms with Gasteiger partial charge in [0, 0.05) is 26.8 Å². The van der Waals surface area contributed by atoms with Crippen molar-refractivity contribution < 1.29 is 14.6 Å². The SMILES string of the molecule is CN(CC1CCOCC1)c1ccc(C(=O)O)cc1C#N. The summed E-state index contributed by atoms with van der Waals surface area (Å²) in [5.74, 6) is -0.459. The summed E-state index contributed by atoms with van der Waals surface area (Å²) in [6.45, 7) is 2.44. The topological polar surface area (TPSA) is 73.6 Å². The molecule has 1 aliphatic heterocycles. The van der Waals surface area contributed by atoms with Gasteiger partial charge in [0.25, 0.3) is 0 Å². The van der Waals surface area contributed by atoms with Gasteiger partial charge in [0.1, 0.15) is 6.07 Å². The zero-order chi connectivity index (χ0) is 14.5. The molecule has 0 aliphatic carbocycles. The number of rotatable bonds is 4. The van der Waals surface area contributed by atoms with Crippen LogP contribution in [0.5, 0.6) is 0 Å². The van der Waals surface area contributed by atoms with Gasteiger partial charge in [-0.05, 0) is 37.0 Å². The van der Waals surface area contributed by atoms with E-state index in [9.17, 15) is 10.1 Å². The molecule has 2 rings (SSSR count). The van der Waals surface area contributed by atoms with E-state index in [0.29, 0.717) is 11.5 Å². The van der Waals surface area contributed by atoms with Crippen LogP contribution in [0.15, 0.2) is 18.2 Å². The van der Waals surface area contributed by atoms with Crippen LogP contribution in [0.2, 0.25) is 0 Å². The molecule has 0 unspecified atom stereocenters. The smallest absolute Gasteiger partial charge is 0.335 e. The summed E-state index contributed by atoms with van der Waals surface area (Å²) in [5.41, 5.74) is 1.33. The van der Waals surface area contributed by atoms with Crippen LogP contribution in [0.4, 0.5) is 5.69 Å². The Kier molecular flexibility index (Phi) is 4.59. The lowest BCUT2D eigenvalue weighted by molar-refractivity contribution is 0.0683. The summed E-state index contributed by atoms with van der Waals surface area (Å²) in [4.78, 5) is 13.0. The second-order valence-corrected chi connectivity index (χ2v) is 5.09. The van der Waals surface area contributed by atoms with Gasteiger partial charge in [-0.3, -0.25) is 0 Å². The van der Waals surface area contributed by atoms with Crippen LogP contribution in [0.1, 0.15) is 28.8 Å². The summed E-state index contributed by atoms with van der Waals surface area (Å²) in [6, 6.07) is 6.76. The minimum Gasteiger partial charge on any atom is -0.478 e. The van der Waals surface area contributed by atoms with Gasteiger partial charge < -0.3 is 14.7 Å². The van der Waals surface area contributed by atoms with Crippen LogP contribution < -0.4 is 4.90 Å². The van der Waals surface area contributed by atoms with E-state index < -0.39 is 5.97 Å². The molecule has 0 saturated carbocycles. The van der Waals surface area contributed by atoms with E-state index in [0.717, 1.165) is 38.3 Å². The monoisotopic (exact) mass is 274 g/mol. The number of hydrogen-bond acceptors (Lipinski definition) is 4. The van der Waals surface area contributed by atoms with Gasteiger partial charge in [-0.25, -0.2) is 4.79 Å². The maximum atomic E-state index is 10.9. The summed E-state index contributed by atoms with van der Waals surface area (Å²) in [5, 5.41) is 18.1. The first-order chi connectivity index (χ1) is 9.61. The number of anilines is 1. The van der Waals surface area contributed by atoms with E-state index >= 15 is 0 Å². The molecule has 1 fully saturated rings. The van der Waals surface area contributed by atoms with E-state index in [4.69, 9.17) is 9.84 Å². The Morgan fingerprint density at radius 1 is 1.50 bits per heavy atom. The minimum absolute atomic E-state index is 0.143. The average Bonchev–Trinajstić information content (AvgIpc) is 2.47. The number of ether oxygens (including phenoxy) is 1. The van der Waals surface area contributed by atoms with Crippen molar-refractivity contribution in [3.63, 3.8) is 0 Å². The zero-order valence-corrected chi connectivity index (χ0v) is 11.5. The van der Waals surface area contributed by atoms with Gasteiger partial charge in [0.05, 0.1) is 16.8 Å². The second kappa shape index (κ2) is 6.40. The Hall–Kier alpha value is -2.06. The molecule has 1 N–H and O–H groups in total. The lowest BCUT2D eigenvalue weighted by atomic mass is 9.99. The predicted octanol–water partition coefficient (Wildman–Crippen LogP) is 2.12. The Morgan fingerprint density at radius 2 is 2.20 bits per heavy atom. The maximum Gasteiger partial charge on any atom is 0.335 e.